The van der Waals surface area contributed by atoms with Gasteiger partial charge in [0, 0.05) is 30.5 Å². The standard InChI is InChI=1S/C22H22N4O3/c1-14-16(15(2)29-24-14)12-26-19-8-4-3-6-17(19)22(21(26)28)9-11-25(13-22)20(27)18-7-5-10-23-18/h3-8,10,23H,9,11-13H2,1-2H3. The van der Waals surface area contributed by atoms with E-state index >= 15 is 0 Å². The highest BCUT2D eigenvalue weighted by Crippen LogP contribution is 2.48. The Bertz CT molecular complexity index is 1080. The molecule has 1 saturated heterocycles. The van der Waals surface area contributed by atoms with Crippen LogP contribution in [-0.4, -0.2) is 39.9 Å². The van der Waals surface area contributed by atoms with Gasteiger partial charge >= 0.3 is 0 Å². The molecular formula is C22H22N4O3. The van der Waals surface area contributed by atoms with Gasteiger partial charge in [-0.15, -0.1) is 0 Å². The molecule has 0 aliphatic carbocycles. The summed E-state index contributed by atoms with van der Waals surface area (Å²) in [6.07, 6.45) is 2.36. The van der Waals surface area contributed by atoms with Crippen LogP contribution in [0.3, 0.4) is 0 Å². The van der Waals surface area contributed by atoms with Crippen LogP contribution >= 0.6 is 0 Å². The van der Waals surface area contributed by atoms with Crippen LogP contribution in [0.2, 0.25) is 0 Å². The van der Waals surface area contributed by atoms with Crippen LogP contribution in [-0.2, 0) is 16.8 Å². The van der Waals surface area contributed by atoms with E-state index in [9.17, 15) is 9.59 Å². The van der Waals surface area contributed by atoms with Gasteiger partial charge in [-0.05, 0) is 44.0 Å². The number of aromatic amines is 1. The summed E-state index contributed by atoms with van der Waals surface area (Å²) >= 11 is 0. The van der Waals surface area contributed by atoms with Crippen LogP contribution in [0.15, 0.2) is 47.1 Å². The van der Waals surface area contributed by atoms with Crippen LogP contribution in [0.1, 0.15) is 39.5 Å². The third kappa shape index (κ3) is 2.53. The van der Waals surface area contributed by atoms with Crippen LogP contribution in [0.25, 0.3) is 0 Å². The number of benzene rings is 1. The van der Waals surface area contributed by atoms with Gasteiger partial charge in [-0.25, -0.2) is 0 Å². The zero-order valence-electron chi connectivity index (χ0n) is 16.4. The number of carbonyl (C=O) groups excluding carboxylic acids is 2. The second kappa shape index (κ2) is 6.34. The lowest BCUT2D eigenvalue weighted by Crippen LogP contribution is -2.43. The fourth-order valence-electron chi connectivity index (χ4n) is 4.65. The van der Waals surface area contributed by atoms with Crippen molar-refractivity contribution >= 4 is 17.5 Å². The van der Waals surface area contributed by atoms with Gasteiger partial charge in [-0.2, -0.15) is 0 Å². The Labute approximate surface area is 168 Å². The van der Waals surface area contributed by atoms with E-state index in [2.05, 4.69) is 10.1 Å². The van der Waals surface area contributed by atoms with Gasteiger partial charge in [-0.3, -0.25) is 9.59 Å². The molecule has 1 aromatic carbocycles. The molecule has 7 nitrogen and oxygen atoms in total. The molecular weight excluding hydrogens is 368 g/mol. The number of anilines is 1. The van der Waals surface area contributed by atoms with E-state index in [4.69, 9.17) is 4.52 Å². The summed E-state index contributed by atoms with van der Waals surface area (Å²) in [6, 6.07) is 11.5. The number of H-pyrrole nitrogens is 1. The summed E-state index contributed by atoms with van der Waals surface area (Å²) in [4.78, 5) is 33.1. The highest BCUT2D eigenvalue weighted by molar-refractivity contribution is 6.09. The highest BCUT2D eigenvalue weighted by Gasteiger charge is 2.55. The summed E-state index contributed by atoms with van der Waals surface area (Å²) in [5, 5.41) is 4.02. The number of likely N-dealkylation sites (tertiary alicyclic amines) is 1. The highest BCUT2D eigenvalue weighted by atomic mass is 16.5. The average Bonchev–Trinajstić information content (AvgIpc) is 3.50. The van der Waals surface area contributed by atoms with Gasteiger partial charge in [0.15, 0.2) is 0 Å². The Morgan fingerprint density at radius 3 is 2.79 bits per heavy atom. The number of amides is 2. The Morgan fingerprint density at radius 2 is 2.07 bits per heavy atom. The Balaban J connectivity index is 1.50. The first-order valence-electron chi connectivity index (χ1n) is 9.77. The minimum Gasteiger partial charge on any atom is -0.361 e. The number of carbonyl (C=O) groups is 2. The topological polar surface area (TPSA) is 82.4 Å². The quantitative estimate of drug-likeness (QED) is 0.745. The van der Waals surface area contributed by atoms with Crippen LogP contribution in [0.5, 0.6) is 0 Å². The van der Waals surface area contributed by atoms with Crippen LogP contribution < -0.4 is 4.90 Å². The molecule has 2 aliphatic rings. The first kappa shape index (κ1) is 17.7. The Morgan fingerprint density at radius 1 is 1.24 bits per heavy atom. The molecule has 5 rings (SSSR count). The number of nitrogens with zero attached hydrogens (tertiary/aromatic N) is 3. The molecule has 1 unspecified atom stereocenters. The summed E-state index contributed by atoms with van der Waals surface area (Å²) in [7, 11) is 0. The van der Waals surface area contributed by atoms with E-state index < -0.39 is 5.41 Å². The van der Waals surface area contributed by atoms with E-state index in [0.717, 1.165) is 28.3 Å². The van der Waals surface area contributed by atoms with E-state index in [1.807, 2.05) is 43.0 Å². The van der Waals surface area contributed by atoms with Crippen molar-refractivity contribution in [2.24, 2.45) is 0 Å². The molecule has 0 bridgehead atoms. The first-order chi connectivity index (χ1) is 14.0. The van der Waals surface area contributed by atoms with Gasteiger partial charge in [0.2, 0.25) is 5.91 Å². The van der Waals surface area contributed by atoms with Gasteiger partial charge in [0.25, 0.3) is 5.91 Å². The molecule has 1 fully saturated rings. The zero-order valence-corrected chi connectivity index (χ0v) is 16.4. The van der Waals surface area contributed by atoms with Gasteiger partial charge in [0.1, 0.15) is 11.5 Å². The molecule has 0 saturated carbocycles. The lowest BCUT2D eigenvalue weighted by atomic mass is 9.81. The molecule has 1 N–H and O–H groups in total. The Hall–Kier alpha value is -3.35. The maximum absolute atomic E-state index is 13.7. The number of hydrogen-bond acceptors (Lipinski definition) is 4. The lowest BCUT2D eigenvalue weighted by Gasteiger charge is -2.24. The van der Waals surface area contributed by atoms with Crippen molar-refractivity contribution < 1.29 is 14.1 Å². The molecule has 1 atom stereocenters. The number of rotatable bonds is 3. The molecule has 7 heteroatoms. The molecule has 148 valence electrons. The summed E-state index contributed by atoms with van der Waals surface area (Å²) in [6.45, 7) is 5.11. The molecule has 0 radical (unpaired) electrons. The number of para-hydroxylation sites is 1. The Kier molecular flexibility index (Phi) is 3.87. The van der Waals surface area contributed by atoms with Gasteiger partial charge in [-0.1, -0.05) is 23.4 Å². The predicted molar refractivity (Wildman–Crippen MR) is 107 cm³/mol. The molecule has 4 heterocycles. The number of hydrogen-bond donors (Lipinski definition) is 1. The lowest BCUT2D eigenvalue weighted by molar-refractivity contribution is -0.122. The predicted octanol–water partition coefficient (Wildman–Crippen LogP) is 2.95. The van der Waals surface area contributed by atoms with Crippen molar-refractivity contribution in [3.8, 4) is 0 Å². The second-order valence-electron chi connectivity index (χ2n) is 7.85. The summed E-state index contributed by atoms with van der Waals surface area (Å²) in [5.41, 5.74) is 3.49. The molecule has 2 aromatic heterocycles. The third-order valence-electron chi connectivity index (χ3n) is 6.25. The van der Waals surface area contributed by atoms with E-state index in [1.165, 1.54) is 0 Å². The number of nitrogens with one attached hydrogen (secondary N) is 1. The zero-order chi connectivity index (χ0) is 20.2. The van der Waals surface area contributed by atoms with Crippen molar-refractivity contribution in [2.45, 2.75) is 32.2 Å². The van der Waals surface area contributed by atoms with Crippen molar-refractivity contribution in [3.63, 3.8) is 0 Å². The van der Waals surface area contributed by atoms with Crippen molar-refractivity contribution in [1.82, 2.24) is 15.0 Å². The summed E-state index contributed by atoms with van der Waals surface area (Å²) < 4.78 is 5.29. The molecule has 3 aromatic rings. The largest absolute Gasteiger partial charge is 0.361 e. The SMILES string of the molecule is Cc1noc(C)c1CN1C(=O)C2(CCN(C(=O)c3ccc[nH]3)C2)c2ccccc21. The van der Waals surface area contributed by atoms with Crippen molar-refractivity contribution in [2.75, 3.05) is 18.0 Å². The minimum atomic E-state index is -0.697. The average molecular weight is 390 g/mol. The summed E-state index contributed by atoms with van der Waals surface area (Å²) in [5.74, 6) is 0.700. The first-order valence-corrected chi connectivity index (χ1v) is 9.77. The minimum absolute atomic E-state index is 0.0421. The van der Waals surface area contributed by atoms with Crippen LogP contribution in [0, 0.1) is 13.8 Å². The number of aryl methyl sites for hydroxylation is 2. The monoisotopic (exact) mass is 390 g/mol. The van der Waals surface area contributed by atoms with Crippen molar-refractivity contribution in [3.05, 3.63) is 70.9 Å². The number of aromatic nitrogens is 2. The normalized spacial score (nSPS) is 20.7. The second-order valence-corrected chi connectivity index (χ2v) is 7.85. The number of fused-ring (bicyclic) bond motifs is 2. The molecule has 2 aliphatic heterocycles. The maximum atomic E-state index is 13.7. The van der Waals surface area contributed by atoms with Gasteiger partial charge < -0.3 is 19.3 Å². The molecule has 1 spiro atoms. The van der Waals surface area contributed by atoms with Crippen LogP contribution in [0.4, 0.5) is 5.69 Å². The van der Waals surface area contributed by atoms with E-state index in [0.29, 0.717) is 31.7 Å². The van der Waals surface area contributed by atoms with E-state index in [1.54, 1.807) is 23.2 Å². The molecule has 29 heavy (non-hydrogen) atoms. The van der Waals surface area contributed by atoms with E-state index in [-0.39, 0.29) is 11.8 Å². The smallest absolute Gasteiger partial charge is 0.270 e. The maximum Gasteiger partial charge on any atom is 0.270 e. The van der Waals surface area contributed by atoms with Crippen molar-refractivity contribution in [1.29, 1.82) is 0 Å². The molecule has 2 amide bonds. The fourth-order valence-corrected chi connectivity index (χ4v) is 4.65. The van der Waals surface area contributed by atoms with Gasteiger partial charge in [0.05, 0.1) is 17.7 Å². The fraction of sp³-hybridized carbons (Fsp3) is 0.318. The third-order valence-corrected chi connectivity index (χ3v) is 6.25.